The van der Waals surface area contributed by atoms with Gasteiger partial charge in [-0.2, -0.15) is 0 Å². The van der Waals surface area contributed by atoms with Crippen molar-refractivity contribution >= 4 is 23.5 Å². The van der Waals surface area contributed by atoms with Crippen LogP contribution in [0.15, 0.2) is 60.7 Å². The SMILES string of the molecule is COc1cc(C(=O)Oc2ccc(N3C(=O)c4ccccc4C3=O)cc2)cc(OC)c1OC. The molecule has 0 atom stereocenters. The summed E-state index contributed by atoms with van der Waals surface area (Å²) >= 11 is 0. The Hall–Kier alpha value is -4.33. The van der Waals surface area contributed by atoms with E-state index in [-0.39, 0.29) is 11.3 Å². The van der Waals surface area contributed by atoms with Gasteiger partial charge in [-0.15, -0.1) is 0 Å². The predicted octanol–water partition coefficient (Wildman–Crippen LogP) is 3.73. The molecule has 1 heterocycles. The Kier molecular flexibility index (Phi) is 5.51. The van der Waals surface area contributed by atoms with Crippen LogP contribution in [0.4, 0.5) is 5.69 Å². The summed E-state index contributed by atoms with van der Waals surface area (Å²) in [6.07, 6.45) is 0. The first-order chi connectivity index (χ1) is 15.5. The number of anilines is 1. The van der Waals surface area contributed by atoms with Gasteiger partial charge in [-0.25, -0.2) is 9.69 Å². The van der Waals surface area contributed by atoms with E-state index in [2.05, 4.69) is 0 Å². The summed E-state index contributed by atoms with van der Waals surface area (Å²) in [5.41, 5.74) is 1.29. The van der Waals surface area contributed by atoms with Crippen molar-refractivity contribution in [3.05, 3.63) is 77.4 Å². The molecule has 8 nitrogen and oxygen atoms in total. The van der Waals surface area contributed by atoms with Crippen molar-refractivity contribution in [2.45, 2.75) is 0 Å². The van der Waals surface area contributed by atoms with Crippen molar-refractivity contribution in [1.29, 1.82) is 0 Å². The van der Waals surface area contributed by atoms with Crippen molar-refractivity contribution in [2.75, 3.05) is 26.2 Å². The van der Waals surface area contributed by atoms with Crippen molar-refractivity contribution < 1.29 is 33.3 Å². The monoisotopic (exact) mass is 433 g/mol. The van der Waals surface area contributed by atoms with Gasteiger partial charge in [0.25, 0.3) is 11.8 Å². The fourth-order valence-corrected chi connectivity index (χ4v) is 3.45. The Balaban J connectivity index is 1.54. The fourth-order valence-electron chi connectivity index (χ4n) is 3.45. The molecule has 0 saturated heterocycles. The lowest BCUT2D eigenvalue weighted by Crippen LogP contribution is -2.29. The molecule has 2 amide bonds. The van der Waals surface area contributed by atoms with Crippen LogP contribution in [0.5, 0.6) is 23.0 Å². The van der Waals surface area contributed by atoms with E-state index in [1.54, 1.807) is 36.4 Å². The number of hydrogen-bond acceptors (Lipinski definition) is 7. The number of nitrogens with zero attached hydrogens (tertiary/aromatic N) is 1. The van der Waals surface area contributed by atoms with E-state index in [4.69, 9.17) is 18.9 Å². The van der Waals surface area contributed by atoms with Gasteiger partial charge in [-0.05, 0) is 48.5 Å². The minimum absolute atomic E-state index is 0.198. The van der Waals surface area contributed by atoms with Crippen LogP contribution >= 0.6 is 0 Å². The molecular formula is C24H19NO7. The summed E-state index contributed by atoms with van der Waals surface area (Å²) in [5.74, 6) is -0.196. The maximum absolute atomic E-state index is 12.7. The maximum atomic E-state index is 12.7. The molecular weight excluding hydrogens is 414 g/mol. The van der Waals surface area contributed by atoms with Crippen molar-refractivity contribution in [3.8, 4) is 23.0 Å². The highest BCUT2D eigenvalue weighted by atomic mass is 16.5. The second-order valence-electron chi connectivity index (χ2n) is 6.79. The molecule has 0 radical (unpaired) electrons. The van der Waals surface area contributed by atoms with Gasteiger partial charge in [0.05, 0.1) is 43.7 Å². The third kappa shape index (κ3) is 3.51. The largest absolute Gasteiger partial charge is 0.493 e. The van der Waals surface area contributed by atoms with E-state index < -0.39 is 17.8 Å². The number of methoxy groups -OCH3 is 3. The normalized spacial score (nSPS) is 12.4. The van der Waals surface area contributed by atoms with Crippen LogP contribution in [0.3, 0.4) is 0 Å². The van der Waals surface area contributed by atoms with Gasteiger partial charge in [-0.1, -0.05) is 12.1 Å². The molecule has 0 fully saturated rings. The fraction of sp³-hybridized carbons (Fsp3) is 0.125. The summed E-state index contributed by atoms with van der Waals surface area (Å²) in [6.45, 7) is 0. The minimum Gasteiger partial charge on any atom is -0.493 e. The number of carbonyl (C=O) groups excluding carboxylic acids is 3. The topological polar surface area (TPSA) is 91.4 Å². The molecule has 8 heteroatoms. The van der Waals surface area contributed by atoms with Gasteiger partial charge in [-0.3, -0.25) is 9.59 Å². The van der Waals surface area contributed by atoms with Crippen LogP contribution in [-0.2, 0) is 0 Å². The van der Waals surface area contributed by atoms with E-state index >= 15 is 0 Å². The zero-order valence-electron chi connectivity index (χ0n) is 17.6. The second-order valence-corrected chi connectivity index (χ2v) is 6.79. The molecule has 0 aliphatic carbocycles. The lowest BCUT2D eigenvalue weighted by atomic mass is 10.1. The highest BCUT2D eigenvalue weighted by Gasteiger charge is 2.36. The highest BCUT2D eigenvalue weighted by molar-refractivity contribution is 6.34. The molecule has 4 rings (SSSR count). The second kappa shape index (κ2) is 8.43. The van der Waals surface area contributed by atoms with Gasteiger partial charge in [0.15, 0.2) is 11.5 Å². The number of benzene rings is 3. The molecule has 1 aliphatic rings. The number of rotatable bonds is 6. The van der Waals surface area contributed by atoms with Crippen molar-refractivity contribution in [2.24, 2.45) is 0 Å². The van der Waals surface area contributed by atoms with Crippen LogP contribution in [0, 0.1) is 0 Å². The summed E-state index contributed by atoms with van der Waals surface area (Å²) in [4.78, 5) is 39.0. The van der Waals surface area contributed by atoms with Gasteiger partial charge in [0, 0.05) is 0 Å². The van der Waals surface area contributed by atoms with Crippen LogP contribution in [-0.4, -0.2) is 39.1 Å². The standard InChI is InChI=1S/C24H19NO7/c1-29-19-12-14(13-20(30-2)21(19)31-3)24(28)32-16-10-8-15(9-11-16)25-22(26)17-6-4-5-7-18(17)23(25)27/h4-13H,1-3H3. The molecule has 0 aromatic heterocycles. The number of fused-ring (bicyclic) bond motifs is 1. The number of ether oxygens (including phenoxy) is 4. The average Bonchev–Trinajstić information content (AvgIpc) is 3.08. The van der Waals surface area contributed by atoms with Crippen LogP contribution in [0.25, 0.3) is 0 Å². The quantitative estimate of drug-likeness (QED) is 0.332. The van der Waals surface area contributed by atoms with E-state index in [1.807, 2.05) is 0 Å². The maximum Gasteiger partial charge on any atom is 0.343 e. The molecule has 3 aromatic carbocycles. The summed E-state index contributed by atoms with van der Waals surface area (Å²) in [5, 5.41) is 0. The molecule has 32 heavy (non-hydrogen) atoms. The molecule has 0 bridgehead atoms. The Morgan fingerprint density at radius 3 is 1.75 bits per heavy atom. The van der Waals surface area contributed by atoms with Gasteiger partial charge in [0.2, 0.25) is 5.75 Å². The van der Waals surface area contributed by atoms with E-state index in [1.165, 1.54) is 45.6 Å². The number of carbonyl (C=O) groups is 3. The molecule has 162 valence electrons. The lowest BCUT2D eigenvalue weighted by Gasteiger charge is -2.15. The predicted molar refractivity (Wildman–Crippen MR) is 115 cm³/mol. The van der Waals surface area contributed by atoms with Crippen LogP contribution < -0.4 is 23.8 Å². The van der Waals surface area contributed by atoms with E-state index in [0.717, 1.165) is 4.90 Å². The molecule has 0 N–H and O–H groups in total. The summed E-state index contributed by atoms with van der Waals surface area (Å²) in [6, 6.07) is 15.7. The molecule has 3 aromatic rings. The number of esters is 1. The Morgan fingerprint density at radius 1 is 0.750 bits per heavy atom. The van der Waals surface area contributed by atoms with Gasteiger partial charge in [0.1, 0.15) is 5.75 Å². The third-order valence-electron chi connectivity index (χ3n) is 5.00. The molecule has 0 saturated carbocycles. The zero-order valence-corrected chi connectivity index (χ0v) is 17.6. The van der Waals surface area contributed by atoms with Crippen LogP contribution in [0.1, 0.15) is 31.1 Å². The smallest absolute Gasteiger partial charge is 0.343 e. The average molecular weight is 433 g/mol. The molecule has 0 unspecified atom stereocenters. The zero-order chi connectivity index (χ0) is 22.8. The summed E-state index contributed by atoms with van der Waals surface area (Å²) < 4.78 is 21.2. The van der Waals surface area contributed by atoms with Crippen molar-refractivity contribution in [3.63, 3.8) is 0 Å². The molecule has 0 spiro atoms. The number of hydrogen-bond donors (Lipinski definition) is 0. The lowest BCUT2D eigenvalue weighted by molar-refractivity contribution is 0.0732. The third-order valence-corrected chi connectivity index (χ3v) is 5.00. The van der Waals surface area contributed by atoms with E-state index in [0.29, 0.717) is 34.1 Å². The van der Waals surface area contributed by atoms with Crippen molar-refractivity contribution in [1.82, 2.24) is 0 Å². The Bertz CT molecular complexity index is 1160. The van der Waals surface area contributed by atoms with Gasteiger partial charge < -0.3 is 18.9 Å². The minimum atomic E-state index is -0.641. The first-order valence-electron chi connectivity index (χ1n) is 9.58. The van der Waals surface area contributed by atoms with Crippen LogP contribution in [0.2, 0.25) is 0 Å². The van der Waals surface area contributed by atoms with E-state index in [9.17, 15) is 14.4 Å². The summed E-state index contributed by atoms with van der Waals surface area (Å²) in [7, 11) is 4.36. The highest BCUT2D eigenvalue weighted by Crippen LogP contribution is 2.38. The Labute approximate surface area is 183 Å². The van der Waals surface area contributed by atoms with Gasteiger partial charge >= 0.3 is 5.97 Å². The number of amides is 2. The Morgan fingerprint density at radius 2 is 1.28 bits per heavy atom. The molecule has 1 aliphatic heterocycles. The first-order valence-corrected chi connectivity index (χ1v) is 9.58. The number of imide groups is 1. The first kappa shape index (κ1) is 20.9.